The van der Waals surface area contributed by atoms with Crippen LogP contribution in [0.2, 0.25) is 0 Å². The van der Waals surface area contributed by atoms with E-state index >= 15 is 0 Å². The Kier molecular flexibility index (Phi) is 6.01. The Morgan fingerprint density at radius 1 is 1.11 bits per heavy atom. The van der Waals surface area contributed by atoms with E-state index in [0.717, 1.165) is 31.6 Å². The molecule has 0 radical (unpaired) electrons. The molecule has 2 N–H and O–H groups in total. The van der Waals surface area contributed by atoms with Crippen molar-refractivity contribution in [3.05, 3.63) is 73.9 Å². The Morgan fingerprint density at radius 3 is 2.54 bits per heavy atom. The first-order valence-electron chi connectivity index (χ1n) is 12.2. The minimum absolute atomic E-state index is 0.0182. The summed E-state index contributed by atoms with van der Waals surface area (Å²) < 4.78 is 11.3. The lowest BCUT2D eigenvalue weighted by atomic mass is 9.79. The maximum Gasteiger partial charge on any atom is 0.254 e. The Morgan fingerprint density at radius 2 is 1.89 bits per heavy atom. The van der Waals surface area contributed by atoms with E-state index in [4.69, 9.17) is 9.15 Å². The zero-order valence-corrected chi connectivity index (χ0v) is 20.3. The summed E-state index contributed by atoms with van der Waals surface area (Å²) in [5, 5.41) is 6.35. The molecular formula is C27H31N3O5. The highest BCUT2D eigenvalue weighted by molar-refractivity contribution is 5.95. The number of carbonyl (C=O) groups is 1. The minimum Gasteiger partial charge on any atom is -0.464 e. The molecule has 3 heterocycles. The van der Waals surface area contributed by atoms with Crippen molar-refractivity contribution in [2.75, 3.05) is 30.4 Å². The first-order chi connectivity index (χ1) is 16.8. The fraction of sp³-hybridized carbons (Fsp3) is 0.444. The lowest BCUT2D eigenvalue weighted by Gasteiger charge is -2.44. The van der Waals surface area contributed by atoms with Crippen molar-refractivity contribution in [1.82, 2.24) is 4.90 Å². The molecular weight excluding hydrogens is 446 g/mol. The van der Waals surface area contributed by atoms with Crippen LogP contribution in [-0.4, -0.2) is 36.6 Å². The van der Waals surface area contributed by atoms with Crippen molar-refractivity contribution in [3.8, 4) is 0 Å². The van der Waals surface area contributed by atoms with Gasteiger partial charge in [-0.2, -0.15) is 0 Å². The lowest BCUT2D eigenvalue weighted by Crippen LogP contribution is -2.49. The molecule has 0 spiro atoms. The highest BCUT2D eigenvalue weighted by Crippen LogP contribution is 2.43. The Hall–Kier alpha value is -3.39. The number of hydrogen-bond donors (Lipinski definition) is 2. The van der Waals surface area contributed by atoms with E-state index in [2.05, 4.69) is 24.5 Å². The predicted molar refractivity (Wildman–Crippen MR) is 134 cm³/mol. The van der Waals surface area contributed by atoms with Crippen LogP contribution in [0.4, 0.5) is 17.1 Å². The number of ether oxygens (including phenoxy) is 1. The van der Waals surface area contributed by atoms with Crippen molar-refractivity contribution in [1.29, 1.82) is 0 Å². The van der Waals surface area contributed by atoms with Gasteiger partial charge in [-0.1, -0.05) is 13.0 Å². The van der Waals surface area contributed by atoms with Gasteiger partial charge >= 0.3 is 0 Å². The van der Waals surface area contributed by atoms with E-state index in [-0.39, 0.29) is 34.8 Å². The van der Waals surface area contributed by atoms with Crippen molar-refractivity contribution in [3.63, 3.8) is 0 Å². The number of nitrogens with zero attached hydrogens (tertiary/aromatic N) is 1. The molecule has 184 valence electrons. The maximum absolute atomic E-state index is 13.1. The van der Waals surface area contributed by atoms with Crippen LogP contribution in [0.1, 0.15) is 61.0 Å². The zero-order chi connectivity index (χ0) is 24.7. The van der Waals surface area contributed by atoms with Gasteiger partial charge in [0.25, 0.3) is 16.8 Å². The molecule has 1 aromatic heterocycles. The fourth-order valence-corrected chi connectivity index (χ4v) is 5.02. The minimum atomic E-state index is -0.585. The molecule has 2 aliphatic rings. The summed E-state index contributed by atoms with van der Waals surface area (Å²) in [6.07, 6.45) is 3.14. The van der Waals surface area contributed by atoms with Crippen LogP contribution in [0, 0.1) is 12.3 Å². The molecule has 0 bridgehead atoms. The van der Waals surface area contributed by atoms with Crippen LogP contribution >= 0.6 is 0 Å². The van der Waals surface area contributed by atoms with Gasteiger partial charge in [0, 0.05) is 29.3 Å². The molecule has 2 fully saturated rings. The molecule has 0 aliphatic carbocycles. The molecule has 1 amide bonds. The van der Waals surface area contributed by atoms with Gasteiger partial charge in [0.15, 0.2) is 0 Å². The Labute approximate surface area is 204 Å². The van der Waals surface area contributed by atoms with Gasteiger partial charge < -0.3 is 24.7 Å². The Bertz CT molecular complexity index is 1310. The topological polar surface area (TPSA) is 101 Å². The summed E-state index contributed by atoms with van der Waals surface area (Å²) in [6.45, 7) is 7.78. The van der Waals surface area contributed by atoms with Crippen LogP contribution in [0.5, 0.6) is 0 Å². The average molecular weight is 478 g/mol. The van der Waals surface area contributed by atoms with Crippen molar-refractivity contribution in [2.24, 2.45) is 5.41 Å². The van der Waals surface area contributed by atoms with Crippen molar-refractivity contribution in [2.45, 2.75) is 52.1 Å². The summed E-state index contributed by atoms with van der Waals surface area (Å²) in [6, 6.07) is 10.7. The first kappa shape index (κ1) is 23.4. The molecule has 35 heavy (non-hydrogen) atoms. The van der Waals surface area contributed by atoms with E-state index in [1.54, 1.807) is 24.3 Å². The number of likely N-dealkylation sites (tertiary alicyclic amines) is 1. The molecule has 2 aliphatic heterocycles. The second kappa shape index (κ2) is 9.00. The standard InChI is InChI=1S/C27H31N3O5/c1-16-7-4-5-12-30(16)26(33)18-8-6-9-19(13-18)28-21-22(24(32)23(21)31)29-25(27(3)14-34-15-27)20-11-10-17(2)35-20/h6,8-11,13,16,25,28-29H,4-5,7,12,14-15H2,1-3H3. The number of amides is 1. The molecule has 5 rings (SSSR count). The van der Waals surface area contributed by atoms with E-state index < -0.39 is 10.9 Å². The number of benzene rings is 1. The molecule has 2 saturated heterocycles. The van der Waals surface area contributed by atoms with Gasteiger partial charge in [0.05, 0.1) is 19.3 Å². The monoisotopic (exact) mass is 477 g/mol. The normalized spacial score (nSPS) is 20.3. The third-order valence-corrected chi connectivity index (χ3v) is 7.25. The molecule has 2 aromatic carbocycles. The average Bonchev–Trinajstić information content (AvgIpc) is 3.27. The Balaban J connectivity index is 1.39. The van der Waals surface area contributed by atoms with Gasteiger partial charge in [-0.05, 0) is 63.4 Å². The summed E-state index contributed by atoms with van der Waals surface area (Å²) >= 11 is 0. The third-order valence-electron chi connectivity index (χ3n) is 7.25. The number of nitrogens with one attached hydrogen (secondary N) is 2. The summed E-state index contributed by atoms with van der Waals surface area (Å²) in [4.78, 5) is 40.1. The molecule has 2 atom stereocenters. The lowest BCUT2D eigenvalue weighted by molar-refractivity contribution is -0.115. The third kappa shape index (κ3) is 4.27. The molecule has 8 nitrogen and oxygen atoms in total. The number of furan rings is 1. The van der Waals surface area contributed by atoms with Crippen LogP contribution in [0.3, 0.4) is 0 Å². The molecule has 2 unspecified atom stereocenters. The smallest absolute Gasteiger partial charge is 0.254 e. The van der Waals surface area contributed by atoms with Crippen LogP contribution in [-0.2, 0) is 4.74 Å². The SMILES string of the molecule is Cc1ccc(C(Nc2c(Nc3cccc(C(=O)N4CCCCC4C)c3)c(=O)c2=O)C2(C)COC2)o1. The van der Waals surface area contributed by atoms with E-state index in [9.17, 15) is 14.4 Å². The van der Waals surface area contributed by atoms with Crippen molar-refractivity contribution >= 4 is 23.0 Å². The van der Waals surface area contributed by atoms with Gasteiger partial charge in [-0.15, -0.1) is 0 Å². The number of piperidine rings is 1. The number of hydrogen-bond acceptors (Lipinski definition) is 7. The molecule has 0 saturated carbocycles. The second-order valence-electron chi connectivity index (χ2n) is 10.1. The van der Waals surface area contributed by atoms with Crippen LogP contribution in [0.15, 0.2) is 50.4 Å². The summed E-state index contributed by atoms with van der Waals surface area (Å²) in [5.74, 6) is 1.44. The number of rotatable bonds is 7. The highest BCUT2D eigenvalue weighted by atomic mass is 16.5. The quantitative estimate of drug-likeness (QED) is 0.494. The second-order valence-corrected chi connectivity index (χ2v) is 10.1. The summed E-state index contributed by atoms with van der Waals surface area (Å²) in [7, 11) is 0. The number of anilines is 3. The van der Waals surface area contributed by atoms with Crippen LogP contribution < -0.4 is 21.5 Å². The van der Waals surface area contributed by atoms with Gasteiger partial charge in [0.1, 0.15) is 22.9 Å². The van der Waals surface area contributed by atoms with E-state index in [1.807, 2.05) is 24.0 Å². The van der Waals surface area contributed by atoms with Crippen LogP contribution in [0.25, 0.3) is 0 Å². The van der Waals surface area contributed by atoms with Gasteiger partial charge in [0.2, 0.25) is 0 Å². The largest absolute Gasteiger partial charge is 0.464 e. The number of aryl methyl sites for hydroxylation is 1. The predicted octanol–water partition coefficient (Wildman–Crippen LogP) is 4.13. The fourth-order valence-electron chi connectivity index (χ4n) is 5.02. The van der Waals surface area contributed by atoms with Gasteiger partial charge in [-0.3, -0.25) is 14.4 Å². The maximum atomic E-state index is 13.1. The molecule has 3 aromatic rings. The zero-order valence-electron chi connectivity index (χ0n) is 20.3. The summed E-state index contributed by atoms with van der Waals surface area (Å²) in [5.41, 5.74) is 0.127. The number of carbonyl (C=O) groups excluding carboxylic acids is 1. The molecule has 8 heteroatoms. The van der Waals surface area contributed by atoms with Crippen molar-refractivity contribution < 1.29 is 13.9 Å². The van der Waals surface area contributed by atoms with Gasteiger partial charge in [-0.25, -0.2) is 0 Å². The van der Waals surface area contributed by atoms with E-state index in [0.29, 0.717) is 30.2 Å². The highest BCUT2D eigenvalue weighted by Gasteiger charge is 2.45. The van der Waals surface area contributed by atoms with E-state index in [1.165, 1.54) is 0 Å². The first-order valence-corrected chi connectivity index (χ1v) is 12.2.